The van der Waals surface area contributed by atoms with Gasteiger partial charge in [-0.15, -0.1) is 0 Å². The van der Waals surface area contributed by atoms with E-state index in [-0.39, 0.29) is 0 Å². The molecule has 1 saturated heterocycles. The number of hydrogen-bond donors (Lipinski definition) is 2. The van der Waals surface area contributed by atoms with E-state index in [9.17, 15) is 0 Å². The van der Waals surface area contributed by atoms with E-state index in [2.05, 4.69) is 10.3 Å². The third kappa shape index (κ3) is 2.45. The van der Waals surface area contributed by atoms with Crippen LogP contribution in [0.15, 0.2) is 12.1 Å². The van der Waals surface area contributed by atoms with E-state index in [4.69, 9.17) is 17.3 Å². The van der Waals surface area contributed by atoms with Gasteiger partial charge in [0.15, 0.2) is 0 Å². The van der Waals surface area contributed by atoms with Crippen molar-refractivity contribution in [2.45, 2.75) is 12.5 Å². The molecule has 1 aliphatic heterocycles. The lowest BCUT2D eigenvalue weighted by atomic mass is 10.2. The van der Waals surface area contributed by atoms with Gasteiger partial charge in [-0.25, -0.2) is 4.98 Å². The zero-order valence-corrected chi connectivity index (χ0v) is 9.24. The Kier molecular flexibility index (Phi) is 3.03. The Morgan fingerprint density at radius 1 is 1.57 bits per heavy atom. The van der Waals surface area contributed by atoms with Crippen LogP contribution in [0.3, 0.4) is 0 Å². The highest BCUT2D eigenvalue weighted by Crippen LogP contribution is 2.22. The summed E-state index contributed by atoms with van der Waals surface area (Å²) in [6.07, 6.45) is 1.18. The molecular weight excluding hydrogens is 218 g/mol. The third-order valence-electron chi connectivity index (χ3n) is 2.10. The zero-order valence-electron chi connectivity index (χ0n) is 7.66. The highest BCUT2D eigenvalue weighted by atomic mass is 35.5. The van der Waals surface area contributed by atoms with Gasteiger partial charge in [0.1, 0.15) is 11.0 Å². The highest BCUT2D eigenvalue weighted by molar-refractivity contribution is 7.99. The maximum absolute atomic E-state index is 5.80. The maximum atomic E-state index is 5.80. The molecular formula is C9H12ClN3S. The summed E-state index contributed by atoms with van der Waals surface area (Å²) in [7, 11) is 0. The van der Waals surface area contributed by atoms with Crippen LogP contribution in [0.5, 0.6) is 0 Å². The monoisotopic (exact) mass is 229 g/mol. The van der Waals surface area contributed by atoms with Crippen molar-refractivity contribution in [3.05, 3.63) is 17.3 Å². The summed E-state index contributed by atoms with van der Waals surface area (Å²) in [4.78, 5) is 4.16. The highest BCUT2D eigenvalue weighted by Gasteiger charge is 2.15. The Morgan fingerprint density at radius 3 is 3.07 bits per heavy atom. The van der Waals surface area contributed by atoms with Crippen LogP contribution in [0.25, 0.3) is 0 Å². The molecule has 2 rings (SSSR count). The number of nitrogens with two attached hydrogens (primary N) is 1. The summed E-state index contributed by atoms with van der Waals surface area (Å²) in [6.45, 7) is 0. The van der Waals surface area contributed by atoms with Gasteiger partial charge >= 0.3 is 0 Å². The van der Waals surface area contributed by atoms with Gasteiger partial charge in [-0.3, -0.25) is 0 Å². The molecule has 0 aliphatic carbocycles. The fourth-order valence-corrected chi connectivity index (χ4v) is 2.82. The van der Waals surface area contributed by atoms with Gasteiger partial charge in [0.2, 0.25) is 0 Å². The zero-order chi connectivity index (χ0) is 9.97. The minimum atomic E-state index is 0.443. The quantitative estimate of drug-likeness (QED) is 0.764. The number of thioether (sulfide) groups is 1. The summed E-state index contributed by atoms with van der Waals surface area (Å²) in [6, 6.07) is 3.97. The molecule has 0 spiro atoms. The van der Waals surface area contributed by atoms with Gasteiger partial charge in [-0.05, 0) is 18.2 Å². The first-order valence-corrected chi connectivity index (χ1v) is 6.04. The van der Waals surface area contributed by atoms with Crippen molar-refractivity contribution < 1.29 is 0 Å². The number of aromatic nitrogens is 1. The second-order valence-electron chi connectivity index (χ2n) is 3.31. The van der Waals surface area contributed by atoms with Crippen molar-refractivity contribution in [3.8, 4) is 0 Å². The summed E-state index contributed by atoms with van der Waals surface area (Å²) in [5.41, 5.74) is 6.32. The Balaban J connectivity index is 2.07. The van der Waals surface area contributed by atoms with Crippen LogP contribution < -0.4 is 11.1 Å². The Morgan fingerprint density at radius 2 is 2.43 bits per heavy atom. The molecule has 1 aromatic rings. The van der Waals surface area contributed by atoms with E-state index in [0.717, 1.165) is 11.6 Å². The van der Waals surface area contributed by atoms with Crippen molar-refractivity contribution in [1.29, 1.82) is 0 Å². The number of rotatable bonds is 2. The molecule has 1 aromatic heterocycles. The van der Waals surface area contributed by atoms with Crippen molar-refractivity contribution in [2.24, 2.45) is 0 Å². The normalized spacial score (nSPS) is 21.1. The minimum absolute atomic E-state index is 0.443. The van der Waals surface area contributed by atoms with Crippen LogP contribution in [0.4, 0.5) is 11.5 Å². The fraction of sp³-hybridized carbons (Fsp3) is 0.444. The van der Waals surface area contributed by atoms with Crippen LogP contribution in [0.1, 0.15) is 6.42 Å². The fourth-order valence-electron chi connectivity index (χ4n) is 1.45. The van der Waals surface area contributed by atoms with E-state index in [1.54, 1.807) is 6.07 Å². The summed E-state index contributed by atoms with van der Waals surface area (Å²) < 4.78 is 0. The molecule has 1 fully saturated rings. The lowest BCUT2D eigenvalue weighted by molar-refractivity contribution is 0.807. The number of hydrogen-bond acceptors (Lipinski definition) is 4. The minimum Gasteiger partial charge on any atom is -0.399 e. The van der Waals surface area contributed by atoms with E-state index in [1.807, 2.05) is 17.8 Å². The molecule has 0 amide bonds. The Labute approximate surface area is 92.4 Å². The Hall–Kier alpha value is -0.610. The van der Waals surface area contributed by atoms with Gasteiger partial charge < -0.3 is 11.1 Å². The molecule has 0 radical (unpaired) electrons. The van der Waals surface area contributed by atoms with Gasteiger partial charge in [0.25, 0.3) is 0 Å². The number of nitrogen functional groups attached to an aromatic ring is 1. The van der Waals surface area contributed by atoms with Crippen LogP contribution >= 0.6 is 23.4 Å². The first-order valence-electron chi connectivity index (χ1n) is 4.51. The molecule has 2 heterocycles. The number of halogens is 1. The smallest absolute Gasteiger partial charge is 0.133 e. The standard InChI is InChI=1S/C9H12ClN3S/c10-8-3-6(11)4-9(13-8)12-7-1-2-14-5-7/h3-4,7H,1-2,5H2,(H3,11,12,13). The van der Waals surface area contributed by atoms with Gasteiger partial charge in [-0.1, -0.05) is 11.6 Å². The molecule has 0 aromatic carbocycles. The second-order valence-corrected chi connectivity index (χ2v) is 4.85. The van der Waals surface area contributed by atoms with E-state index in [1.165, 1.54) is 12.2 Å². The predicted molar refractivity (Wildman–Crippen MR) is 63.0 cm³/mol. The first kappa shape index (κ1) is 9.93. The van der Waals surface area contributed by atoms with Crippen molar-refractivity contribution in [1.82, 2.24) is 4.98 Å². The van der Waals surface area contributed by atoms with E-state index in [0.29, 0.717) is 16.9 Å². The molecule has 14 heavy (non-hydrogen) atoms. The number of anilines is 2. The van der Waals surface area contributed by atoms with Crippen LogP contribution in [0, 0.1) is 0 Å². The Bertz CT molecular complexity index is 306. The maximum Gasteiger partial charge on any atom is 0.133 e. The van der Waals surface area contributed by atoms with Gasteiger partial charge in [-0.2, -0.15) is 11.8 Å². The molecule has 1 unspecified atom stereocenters. The summed E-state index contributed by atoms with van der Waals surface area (Å²) >= 11 is 7.75. The van der Waals surface area contributed by atoms with Crippen molar-refractivity contribution in [2.75, 3.05) is 22.6 Å². The molecule has 0 bridgehead atoms. The lowest BCUT2D eigenvalue weighted by Crippen LogP contribution is -2.18. The number of pyridine rings is 1. The van der Waals surface area contributed by atoms with Crippen LogP contribution in [-0.2, 0) is 0 Å². The lowest BCUT2D eigenvalue weighted by Gasteiger charge is -2.12. The molecule has 3 N–H and O–H groups in total. The molecule has 5 heteroatoms. The number of nitrogens with zero attached hydrogens (tertiary/aromatic N) is 1. The largest absolute Gasteiger partial charge is 0.399 e. The summed E-state index contributed by atoms with van der Waals surface area (Å²) in [5.74, 6) is 3.13. The van der Waals surface area contributed by atoms with Crippen molar-refractivity contribution >= 4 is 34.9 Å². The SMILES string of the molecule is Nc1cc(Cl)nc(NC2CCSC2)c1. The average Bonchev–Trinajstić information content (AvgIpc) is 2.54. The van der Waals surface area contributed by atoms with E-state index >= 15 is 0 Å². The molecule has 1 atom stereocenters. The molecule has 76 valence electrons. The second kappa shape index (κ2) is 4.28. The van der Waals surface area contributed by atoms with Gasteiger partial charge in [0.05, 0.1) is 0 Å². The summed E-state index contributed by atoms with van der Waals surface area (Å²) in [5, 5.41) is 3.77. The molecule has 3 nitrogen and oxygen atoms in total. The van der Waals surface area contributed by atoms with Crippen molar-refractivity contribution in [3.63, 3.8) is 0 Å². The van der Waals surface area contributed by atoms with Crippen LogP contribution in [0.2, 0.25) is 5.15 Å². The first-order chi connectivity index (χ1) is 6.74. The average molecular weight is 230 g/mol. The van der Waals surface area contributed by atoms with E-state index < -0.39 is 0 Å². The van der Waals surface area contributed by atoms with Crippen LogP contribution in [-0.4, -0.2) is 22.5 Å². The molecule has 1 aliphatic rings. The topological polar surface area (TPSA) is 50.9 Å². The van der Waals surface area contributed by atoms with Gasteiger partial charge in [0, 0.05) is 23.5 Å². The third-order valence-corrected chi connectivity index (χ3v) is 3.45. The molecule has 0 saturated carbocycles. The number of nitrogens with one attached hydrogen (secondary N) is 1. The predicted octanol–water partition coefficient (Wildman–Crippen LogP) is 2.23.